The zero-order valence-corrected chi connectivity index (χ0v) is 13.3. The molecule has 5 unspecified atom stereocenters. The Morgan fingerprint density at radius 1 is 1.14 bits per heavy atom. The highest BCUT2D eigenvalue weighted by atomic mass is 16.6. The molecule has 3 nitrogen and oxygen atoms in total. The van der Waals surface area contributed by atoms with Crippen LogP contribution in [0.1, 0.15) is 58.8 Å². The Morgan fingerprint density at radius 3 is 2.57 bits per heavy atom. The van der Waals surface area contributed by atoms with Crippen molar-refractivity contribution in [3.8, 4) is 0 Å². The second-order valence-electron chi connectivity index (χ2n) is 7.78. The highest BCUT2D eigenvalue weighted by Gasteiger charge is 2.44. The van der Waals surface area contributed by atoms with Gasteiger partial charge in [-0.2, -0.15) is 0 Å². The first kappa shape index (κ1) is 15.1. The molecule has 3 rings (SSSR count). The van der Waals surface area contributed by atoms with Gasteiger partial charge in [0, 0.05) is 5.92 Å². The van der Waals surface area contributed by atoms with E-state index in [0.29, 0.717) is 11.8 Å². The van der Waals surface area contributed by atoms with E-state index < -0.39 is 5.60 Å². The van der Waals surface area contributed by atoms with Gasteiger partial charge in [0.1, 0.15) is 5.60 Å². The van der Waals surface area contributed by atoms with Crippen LogP contribution in [0.3, 0.4) is 0 Å². The highest BCUT2D eigenvalue weighted by Crippen LogP contribution is 2.45. The first-order valence-corrected chi connectivity index (χ1v) is 8.55. The first-order chi connectivity index (χ1) is 9.95. The Labute approximate surface area is 127 Å². The van der Waals surface area contributed by atoms with Crippen molar-refractivity contribution in [2.24, 2.45) is 23.7 Å². The van der Waals surface area contributed by atoms with Crippen LogP contribution >= 0.6 is 0 Å². The summed E-state index contributed by atoms with van der Waals surface area (Å²) in [5.41, 5.74) is -0.464. The first-order valence-electron chi connectivity index (χ1n) is 8.55. The van der Waals surface area contributed by atoms with Gasteiger partial charge in [0.05, 0.1) is 12.0 Å². The Bertz CT molecular complexity index is 426. The molecule has 0 heterocycles. The van der Waals surface area contributed by atoms with Gasteiger partial charge >= 0.3 is 5.97 Å². The minimum Gasteiger partial charge on any atom is -0.459 e. The minimum atomic E-state index is -0.464. The fourth-order valence-corrected chi connectivity index (χ4v) is 4.44. The fraction of sp³-hybridized carbons (Fsp3) is 0.833. The lowest BCUT2D eigenvalue weighted by molar-refractivity contribution is -0.169. The number of hydrogen-bond acceptors (Lipinski definition) is 3. The molecule has 0 aromatic heterocycles. The molecule has 0 saturated heterocycles. The summed E-state index contributed by atoms with van der Waals surface area (Å²) in [6.45, 7) is 4.05. The van der Waals surface area contributed by atoms with E-state index in [1.54, 1.807) is 0 Å². The molecule has 3 aliphatic carbocycles. The molecule has 3 heteroatoms. The third-order valence-corrected chi connectivity index (χ3v) is 5.82. The quantitative estimate of drug-likeness (QED) is 0.492. The molecule has 2 bridgehead atoms. The molecular weight excluding hydrogens is 264 g/mol. The van der Waals surface area contributed by atoms with Gasteiger partial charge in [-0.25, -0.2) is 0 Å². The van der Waals surface area contributed by atoms with Gasteiger partial charge in [-0.15, -0.1) is 0 Å². The van der Waals surface area contributed by atoms with Crippen molar-refractivity contribution in [1.29, 1.82) is 0 Å². The minimum absolute atomic E-state index is 0.0180. The topological polar surface area (TPSA) is 46.5 Å². The maximum atomic E-state index is 12.5. The van der Waals surface area contributed by atoms with Gasteiger partial charge in [0.15, 0.2) is 0 Å². The van der Waals surface area contributed by atoms with Crippen LogP contribution in [0.15, 0.2) is 12.2 Å². The molecule has 0 amide bonds. The van der Waals surface area contributed by atoms with Gasteiger partial charge in [0.2, 0.25) is 0 Å². The van der Waals surface area contributed by atoms with Crippen LogP contribution < -0.4 is 0 Å². The molecule has 5 atom stereocenters. The zero-order valence-electron chi connectivity index (χ0n) is 13.3. The van der Waals surface area contributed by atoms with Crippen LogP contribution in [0.25, 0.3) is 0 Å². The normalized spacial score (nSPS) is 39.3. The Balaban J connectivity index is 1.62. The van der Waals surface area contributed by atoms with Gasteiger partial charge in [-0.3, -0.25) is 4.79 Å². The van der Waals surface area contributed by atoms with Gasteiger partial charge in [0.25, 0.3) is 0 Å². The van der Waals surface area contributed by atoms with Crippen molar-refractivity contribution in [2.75, 3.05) is 0 Å². The maximum absolute atomic E-state index is 12.5. The number of esters is 1. The number of ether oxygens (including phenoxy) is 1. The molecule has 2 saturated carbocycles. The molecule has 0 spiro atoms. The molecule has 0 aliphatic heterocycles. The number of hydrogen-bond donors (Lipinski definition) is 1. The van der Waals surface area contributed by atoms with E-state index in [0.717, 1.165) is 44.9 Å². The summed E-state index contributed by atoms with van der Waals surface area (Å²) in [7, 11) is 0. The van der Waals surface area contributed by atoms with E-state index in [2.05, 4.69) is 12.2 Å². The standard InChI is InChI=1S/C18H28O3/c1-18(2,14-5-3-4-6-15(19)11-14)21-17(20)16-10-12-7-8-13(16)9-12/h7-8,12-16,19H,3-6,9-11H2,1-2H3. The van der Waals surface area contributed by atoms with Gasteiger partial charge in [-0.1, -0.05) is 25.0 Å². The maximum Gasteiger partial charge on any atom is 0.310 e. The molecule has 21 heavy (non-hydrogen) atoms. The van der Waals surface area contributed by atoms with Crippen LogP contribution in [0.4, 0.5) is 0 Å². The van der Waals surface area contributed by atoms with E-state index in [1.165, 1.54) is 0 Å². The predicted molar refractivity (Wildman–Crippen MR) is 81.6 cm³/mol. The summed E-state index contributed by atoms with van der Waals surface area (Å²) in [5.74, 6) is 1.31. The van der Waals surface area contributed by atoms with Crippen molar-refractivity contribution < 1.29 is 14.6 Å². The second-order valence-corrected chi connectivity index (χ2v) is 7.78. The van der Waals surface area contributed by atoms with E-state index in [4.69, 9.17) is 4.74 Å². The molecular formula is C18H28O3. The second kappa shape index (κ2) is 5.75. The molecule has 1 N–H and O–H groups in total. The average molecular weight is 292 g/mol. The van der Waals surface area contributed by atoms with Crippen molar-refractivity contribution >= 4 is 5.97 Å². The number of aliphatic hydroxyl groups excluding tert-OH is 1. The lowest BCUT2D eigenvalue weighted by Gasteiger charge is -2.35. The van der Waals surface area contributed by atoms with Crippen molar-refractivity contribution in [1.82, 2.24) is 0 Å². The van der Waals surface area contributed by atoms with Crippen LogP contribution in [0.5, 0.6) is 0 Å². The van der Waals surface area contributed by atoms with Crippen LogP contribution in [-0.2, 0) is 9.53 Å². The van der Waals surface area contributed by atoms with Crippen LogP contribution in [0.2, 0.25) is 0 Å². The number of allylic oxidation sites excluding steroid dienone is 2. The van der Waals surface area contributed by atoms with E-state index in [1.807, 2.05) is 13.8 Å². The average Bonchev–Trinajstić information content (AvgIpc) is 2.97. The van der Waals surface area contributed by atoms with Gasteiger partial charge < -0.3 is 9.84 Å². The number of carbonyl (C=O) groups excluding carboxylic acids is 1. The Hall–Kier alpha value is -0.830. The summed E-state index contributed by atoms with van der Waals surface area (Å²) in [6.07, 6.45) is 11.2. The summed E-state index contributed by atoms with van der Waals surface area (Å²) in [5, 5.41) is 10.0. The summed E-state index contributed by atoms with van der Waals surface area (Å²) in [6, 6.07) is 0. The molecule has 0 radical (unpaired) electrons. The Morgan fingerprint density at radius 2 is 1.90 bits per heavy atom. The van der Waals surface area contributed by atoms with Crippen LogP contribution in [0, 0.1) is 23.7 Å². The number of carbonyl (C=O) groups is 1. The lowest BCUT2D eigenvalue weighted by atomic mass is 9.83. The molecule has 0 aromatic carbocycles. The third-order valence-electron chi connectivity index (χ3n) is 5.82. The van der Waals surface area contributed by atoms with Crippen molar-refractivity contribution in [2.45, 2.75) is 70.5 Å². The van der Waals surface area contributed by atoms with E-state index >= 15 is 0 Å². The molecule has 2 fully saturated rings. The largest absolute Gasteiger partial charge is 0.459 e. The highest BCUT2D eigenvalue weighted by molar-refractivity contribution is 5.74. The van der Waals surface area contributed by atoms with Crippen LogP contribution in [-0.4, -0.2) is 22.8 Å². The summed E-state index contributed by atoms with van der Waals surface area (Å²) >= 11 is 0. The number of rotatable bonds is 3. The number of fused-ring (bicyclic) bond motifs is 2. The monoisotopic (exact) mass is 292 g/mol. The summed E-state index contributed by atoms with van der Waals surface area (Å²) < 4.78 is 5.93. The van der Waals surface area contributed by atoms with E-state index in [-0.39, 0.29) is 23.9 Å². The predicted octanol–water partition coefficient (Wildman–Crippen LogP) is 3.46. The van der Waals surface area contributed by atoms with Crippen molar-refractivity contribution in [3.05, 3.63) is 12.2 Å². The van der Waals surface area contributed by atoms with Crippen molar-refractivity contribution in [3.63, 3.8) is 0 Å². The molecule has 3 aliphatic rings. The summed E-state index contributed by atoms with van der Waals surface area (Å²) in [4.78, 5) is 12.5. The smallest absolute Gasteiger partial charge is 0.310 e. The number of aliphatic hydroxyl groups is 1. The SMILES string of the molecule is CC(C)(OC(=O)C1CC2C=CC1C2)C1CCCCC(O)C1. The fourth-order valence-electron chi connectivity index (χ4n) is 4.44. The molecule has 118 valence electrons. The van der Waals surface area contributed by atoms with E-state index in [9.17, 15) is 9.90 Å². The van der Waals surface area contributed by atoms with Gasteiger partial charge in [-0.05, 0) is 57.8 Å². The lowest BCUT2D eigenvalue weighted by Crippen LogP contribution is -2.40. The molecule has 0 aromatic rings. The third kappa shape index (κ3) is 3.18. The Kier molecular flexibility index (Phi) is 4.13. The zero-order chi connectivity index (χ0) is 15.0.